The van der Waals surface area contributed by atoms with Gasteiger partial charge in [0.15, 0.2) is 0 Å². The van der Waals surface area contributed by atoms with Crippen LogP contribution in [-0.4, -0.2) is 35.8 Å². The van der Waals surface area contributed by atoms with Crippen molar-refractivity contribution in [1.82, 2.24) is 0 Å². The lowest BCUT2D eigenvalue weighted by Crippen LogP contribution is -2.08. The molecule has 2 N–H and O–H groups in total. The van der Waals surface area contributed by atoms with E-state index in [1.165, 1.54) is 18.2 Å². The molecule has 1 rings (SSSR count). The van der Waals surface area contributed by atoms with Gasteiger partial charge in [0.1, 0.15) is 5.69 Å². The number of ether oxygens (including phenoxy) is 1. The minimum absolute atomic E-state index is 0.0120. The van der Waals surface area contributed by atoms with E-state index in [1.807, 2.05) is 6.92 Å². The molecule has 0 aromatic heterocycles. The lowest BCUT2D eigenvalue weighted by molar-refractivity contribution is -0.384. The fourth-order valence-corrected chi connectivity index (χ4v) is 1.51. The molecule has 1 aromatic carbocycles. The number of nitro benzene ring substituents is 1. The molecule has 0 radical (unpaired) electrons. The van der Waals surface area contributed by atoms with E-state index in [4.69, 9.17) is 9.84 Å². The molecule has 0 aliphatic rings. The van der Waals surface area contributed by atoms with Crippen LogP contribution in [0.25, 0.3) is 0 Å². The molecule has 0 atom stereocenters. The predicted molar refractivity (Wildman–Crippen MR) is 69.7 cm³/mol. The van der Waals surface area contributed by atoms with Crippen LogP contribution in [0.5, 0.6) is 0 Å². The second kappa shape index (κ2) is 7.32. The number of carboxylic acids is 1. The summed E-state index contributed by atoms with van der Waals surface area (Å²) in [6.45, 7) is 3.53. The minimum Gasteiger partial charge on any atom is -0.478 e. The molecule has 0 saturated heterocycles. The number of carbonyl (C=O) groups is 1. The Morgan fingerprint density at radius 1 is 1.53 bits per heavy atom. The zero-order valence-corrected chi connectivity index (χ0v) is 10.6. The first-order chi connectivity index (χ1) is 9.06. The number of hydrogen-bond acceptors (Lipinski definition) is 5. The van der Waals surface area contributed by atoms with Crippen LogP contribution in [0.1, 0.15) is 23.7 Å². The standard InChI is InChI=1S/C12H16N2O5/c1-2-19-7-3-6-13-10-8-9(12(15)16)4-5-11(10)14(17)18/h4-5,8,13H,2-3,6-7H2,1H3,(H,15,16). The van der Waals surface area contributed by atoms with Crippen LogP contribution in [0, 0.1) is 10.1 Å². The van der Waals surface area contributed by atoms with Crippen molar-refractivity contribution in [3.63, 3.8) is 0 Å². The summed E-state index contributed by atoms with van der Waals surface area (Å²) in [5.41, 5.74) is 0.0840. The van der Waals surface area contributed by atoms with E-state index in [9.17, 15) is 14.9 Å². The van der Waals surface area contributed by atoms with Crippen molar-refractivity contribution in [2.24, 2.45) is 0 Å². The monoisotopic (exact) mass is 268 g/mol. The Balaban J connectivity index is 2.74. The highest BCUT2D eigenvalue weighted by Crippen LogP contribution is 2.25. The van der Waals surface area contributed by atoms with Gasteiger partial charge in [0.2, 0.25) is 0 Å². The Labute approximate surface area is 110 Å². The van der Waals surface area contributed by atoms with E-state index >= 15 is 0 Å². The average molecular weight is 268 g/mol. The molecule has 1 aromatic rings. The smallest absolute Gasteiger partial charge is 0.335 e. The average Bonchev–Trinajstić information content (AvgIpc) is 2.38. The van der Waals surface area contributed by atoms with Crippen molar-refractivity contribution in [2.75, 3.05) is 25.1 Å². The highest BCUT2D eigenvalue weighted by molar-refractivity contribution is 5.90. The second-order valence-electron chi connectivity index (χ2n) is 3.77. The Morgan fingerprint density at radius 2 is 2.26 bits per heavy atom. The zero-order valence-electron chi connectivity index (χ0n) is 10.6. The molecule has 7 heteroatoms. The molecule has 0 unspecified atom stereocenters. The summed E-state index contributed by atoms with van der Waals surface area (Å²) >= 11 is 0. The Kier molecular flexibility index (Phi) is 5.74. The summed E-state index contributed by atoms with van der Waals surface area (Å²) in [5, 5.41) is 22.6. The molecule has 7 nitrogen and oxygen atoms in total. The molecule has 0 aliphatic heterocycles. The lowest BCUT2D eigenvalue weighted by Gasteiger charge is -2.08. The number of nitro groups is 1. The molecule has 0 spiro atoms. The van der Waals surface area contributed by atoms with Gasteiger partial charge in [-0.15, -0.1) is 0 Å². The maximum atomic E-state index is 10.8. The maximum absolute atomic E-state index is 10.8. The van der Waals surface area contributed by atoms with Crippen LogP contribution in [0.15, 0.2) is 18.2 Å². The van der Waals surface area contributed by atoms with Crippen molar-refractivity contribution in [3.8, 4) is 0 Å². The van der Waals surface area contributed by atoms with Gasteiger partial charge in [-0.3, -0.25) is 10.1 Å². The van der Waals surface area contributed by atoms with Gasteiger partial charge in [-0.1, -0.05) is 0 Å². The number of anilines is 1. The van der Waals surface area contributed by atoms with Crippen LogP contribution in [0.2, 0.25) is 0 Å². The largest absolute Gasteiger partial charge is 0.478 e. The van der Waals surface area contributed by atoms with Gasteiger partial charge >= 0.3 is 5.97 Å². The number of nitrogens with zero attached hydrogens (tertiary/aromatic N) is 1. The van der Waals surface area contributed by atoms with E-state index in [-0.39, 0.29) is 16.9 Å². The SMILES string of the molecule is CCOCCCNc1cc(C(=O)O)ccc1[N+](=O)[O-]. The maximum Gasteiger partial charge on any atom is 0.335 e. The molecule has 0 heterocycles. The molecular weight excluding hydrogens is 252 g/mol. The van der Waals surface area contributed by atoms with Crippen LogP contribution in [0.4, 0.5) is 11.4 Å². The van der Waals surface area contributed by atoms with Crippen molar-refractivity contribution in [3.05, 3.63) is 33.9 Å². The fraction of sp³-hybridized carbons (Fsp3) is 0.417. The third kappa shape index (κ3) is 4.55. The Bertz CT molecular complexity index is 461. The number of nitrogens with one attached hydrogen (secondary N) is 1. The Hall–Kier alpha value is -2.15. The topological polar surface area (TPSA) is 102 Å². The van der Waals surface area contributed by atoms with Crippen LogP contribution in [0.3, 0.4) is 0 Å². The normalized spacial score (nSPS) is 10.2. The number of carboxylic acid groups (broad SMARTS) is 1. The summed E-state index contributed by atoms with van der Waals surface area (Å²) in [5.74, 6) is -1.12. The summed E-state index contributed by atoms with van der Waals surface area (Å²) in [6, 6.07) is 3.67. The lowest BCUT2D eigenvalue weighted by atomic mass is 10.1. The van der Waals surface area contributed by atoms with Gasteiger partial charge in [0.05, 0.1) is 10.5 Å². The second-order valence-corrected chi connectivity index (χ2v) is 3.77. The highest BCUT2D eigenvalue weighted by atomic mass is 16.6. The minimum atomic E-state index is -1.12. The van der Waals surface area contributed by atoms with Gasteiger partial charge in [0.25, 0.3) is 5.69 Å². The summed E-state index contributed by atoms with van der Waals surface area (Å²) < 4.78 is 5.14. The molecule has 104 valence electrons. The number of benzene rings is 1. The van der Waals surface area contributed by atoms with E-state index in [0.29, 0.717) is 26.2 Å². The van der Waals surface area contributed by atoms with E-state index in [0.717, 1.165) is 0 Å². The molecule has 0 aliphatic carbocycles. The first-order valence-corrected chi connectivity index (χ1v) is 5.89. The third-order valence-electron chi connectivity index (χ3n) is 2.43. The number of aromatic carboxylic acids is 1. The van der Waals surface area contributed by atoms with E-state index < -0.39 is 10.9 Å². The van der Waals surface area contributed by atoms with Crippen LogP contribution >= 0.6 is 0 Å². The number of hydrogen-bond donors (Lipinski definition) is 2. The first kappa shape index (κ1) is 14.9. The van der Waals surface area contributed by atoms with Gasteiger partial charge in [-0.25, -0.2) is 4.79 Å². The zero-order chi connectivity index (χ0) is 14.3. The summed E-state index contributed by atoms with van der Waals surface area (Å²) in [7, 11) is 0. The van der Waals surface area contributed by atoms with Crippen molar-refractivity contribution >= 4 is 17.3 Å². The van der Waals surface area contributed by atoms with Crippen molar-refractivity contribution in [1.29, 1.82) is 0 Å². The first-order valence-electron chi connectivity index (χ1n) is 5.89. The molecular formula is C12H16N2O5. The quantitative estimate of drug-likeness (QED) is 0.425. The van der Waals surface area contributed by atoms with E-state index in [2.05, 4.69) is 5.32 Å². The Morgan fingerprint density at radius 3 is 2.84 bits per heavy atom. The van der Waals surface area contributed by atoms with Crippen molar-refractivity contribution in [2.45, 2.75) is 13.3 Å². The molecule has 19 heavy (non-hydrogen) atoms. The molecule has 0 fully saturated rings. The summed E-state index contributed by atoms with van der Waals surface area (Å²) in [4.78, 5) is 21.1. The predicted octanol–water partition coefficient (Wildman–Crippen LogP) is 2.13. The fourth-order valence-electron chi connectivity index (χ4n) is 1.51. The van der Waals surface area contributed by atoms with Gasteiger partial charge in [-0.05, 0) is 25.5 Å². The molecule has 0 amide bonds. The molecule has 0 bridgehead atoms. The van der Waals surface area contributed by atoms with Gasteiger partial charge in [-0.2, -0.15) is 0 Å². The van der Waals surface area contributed by atoms with Crippen molar-refractivity contribution < 1.29 is 19.6 Å². The highest BCUT2D eigenvalue weighted by Gasteiger charge is 2.15. The van der Waals surface area contributed by atoms with Crippen LogP contribution in [-0.2, 0) is 4.74 Å². The number of rotatable bonds is 8. The van der Waals surface area contributed by atoms with Crippen LogP contribution < -0.4 is 5.32 Å². The van der Waals surface area contributed by atoms with Gasteiger partial charge < -0.3 is 15.2 Å². The van der Waals surface area contributed by atoms with Gasteiger partial charge in [0, 0.05) is 25.8 Å². The summed E-state index contributed by atoms with van der Waals surface area (Å²) in [6.07, 6.45) is 0.683. The van der Waals surface area contributed by atoms with E-state index in [1.54, 1.807) is 0 Å². The third-order valence-corrected chi connectivity index (χ3v) is 2.43. The molecule has 0 saturated carbocycles.